The predicted molar refractivity (Wildman–Crippen MR) is 42.1 cm³/mol. The van der Waals surface area contributed by atoms with E-state index in [9.17, 15) is 9.18 Å². The molecule has 1 aliphatic rings. The number of benzene rings is 1. The lowest BCUT2D eigenvalue weighted by Crippen LogP contribution is -2.13. The zero-order valence-electron chi connectivity index (χ0n) is 6.75. The van der Waals surface area contributed by atoms with Gasteiger partial charge in [0, 0.05) is 5.56 Å². The van der Waals surface area contributed by atoms with E-state index in [-0.39, 0.29) is 19.0 Å². The van der Waals surface area contributed by atoms with Crippen LogP contribution in [-0.4, -0.2) is 13.1 Å². The summed E-state index contributed by atoms with van der Waals surface area (Å²) in [5.74, 6) is -0.0161. The maximum atomic E-state index is 13.0. The van der Waals surface area contributed by atoms with Crippen molar-refractivity contribution in [3.8, 4) is 5.75 Å². The number of fused-ring (bicyclic) bond motifs is 1. The molecule has 0 unspecified atom stereocenters. The van der Waals surface area contributed by atoms with Gasteiger partial charge in [0.2, 0.25) is 0 Å². The third-order valence-electron chi connectivity index (χ3n) is 1.92. The number of carbonyl (C=O) groups excluding carboxylic acids is 1. The summed E-state index contributed by atoms with van der Waals surface area (Å²) in [5, 5.41) is 0. The Balaban J connectivity index is 2.58. The standard InChI is InChI=1S/C9H7FO3/c10-8-1-2-9-7(6(8)3-11)4-12-5-13-9/h1-3H,4-5H2. The summed E-state index contributed by atoms with van der Waals surface area (Å²) in [4.78, 5) is 10.5. The Morgan fingerprint density at radius 1 is 1.46 bits per heavy atom. The van der Waals surface area contributed by atoms with Crippen molar-refractivity contribution in [2.24, 2.45) is 0 Å². The van der Waals surface area contributed by atoms with E-state index in [1.807, 2.05) is 0 Å². The molecular weight excluding hydrogens is 175 g/mol. The van der Waals surface area contributed by atoms with Gasteiger partial charge in [-0.1, -0.05) is 0 Å². The number of carbonyl (C=O) groups is 1. The molecule has 0 N–H and O–H groups in total. The number of hydrogen-bond acceptors (Lipinski definition) is 3. The van der Waals surface area contributed by atoms with Crippen LogP contribution in [-0.2, 0) is 11.3 Å². The van der Waals surface area contributed by atoms with Gasteiger partial charge in [0.15, 0.2) is 13.1 Å². The largest absolute Gasteiger partial charge is 0.467 e. The minimum absolute atomic E-state index is 0.0252. The number of rotatable bonds is 1. The average Bonchev–Trinajstić information content (AvgIpc) is 2.18. The van der Waals surface area contributed by atoms with Gasteiger partial charge in [-0.05, 0) is 12.1 Å². The molecule has 0 saturated carbocycles. The quantitative estimate of drug-likeness (QED) is 0.617. The van der Waals surface area contributed by atoms with Crippen LogP contribution in [0.2, 0.25) is 0 Å². The van der Waals surface area contributed by atoms with Gasteiger partial charge in [0.25, 0.3) is 0 Å². The predicted octanol–water partition coefficient (Wildman–Crippen LogP) is 1.50. The molecule has 0 aromatic heterocycles. The van der Waals surface area contributed by atoms with Crippen LogP contribution in [0.1, 0.15) is 15.9 Å². The lowest BCUT2D eigenvalue weighted by atomic mass is 10.1. The number of halogens is 1. The first-order valence-corrected chi connectivity index (χ1v) is 3.80. The van der Waals surface area contributed by atoms with Gasteiger partial charge in [-0.2, -0.15) is 0 Å². The van der Waals surface area contributed by atoms with Crippen LogP contribution in [0.25, 0.3) is 0 Å². The van der Waals surface area contributed by atoms with Crippen LogP contribution in [0.3, 0.4) is 0 Å². The monoisotopic (exact) mass is 182 g/mol. The van der Waals surface area contributed by atoms with Crippen molar-refractivity contribution in [3.05, 3.63) is 29.1 Å². The summed E-state index contributed by atoms with van der Waals surface area (Å²) in [6, 6.07) is 2.72. The van der Waals surface area contributed by atoms with Crippen LogP contribution in [0.4, 0.5) is 4.39 Å². The van der Waals surface area contributed by atoms with Crippen LogP contribution in [0.5, 0.6) is 5.75 Å². The normalized spacial score (nSPS) is 14.5. The van der Waals surface area contributed by atoms with E-state index in [4.69, 9.17) is 9.47 Å². The number of ether oxygens (including phenoxy) is 2. The Morgan fingerprint density at radius 3 is 3.08 bits per heavy atom. The van der Waals surface area contributed by atoms with Crippen molar-refractivity contribution in [3.63, 3.8) is 0 Å². The Bertz CT molecular complexity index is 349. The maximum Gasteiger partial charge on any atom is 0.189 e. The Hall–Kier alpha value is -1.42. The first-order valence-electron chi connectivity index (χ1n) is 3.80. The Morgan fingerprint density at radius 2 is 2.31 bits per heavy atom. The second-order valence-electron chi connectivity index (χ2n) is 2.67. The Labute approximate surface area is 74.1 Å². The zero-order valence-corrected chi connectivity index (χ0v) is 6.75. The summed E-state index contributed by atoms with van der Waals surface area (Å²) >= 11 is 0. The van der Waals surface area contributed by atoms with Gasteiger partial charge >= 0.3 is 0 Å². The van der Waals surface area contributed by atoms with Crippen LogP contribution < -0.4 is 4.74 Å². The molecule has 3 nitrogen and oxygen atoms in total. The first kappa shape index (κ1) is 8.19. The molecule has 1 aromatic rings. The fourth-order valence-corrected chi connectivity index (χ4v) is 1.28. The van der Waals surface area contributed by atoms with Crippen LogP contribution >= 0.6 is 0 Å². The van der Waals surface area contributed by atoms with Crippen molar-refractivity contribution in [2.75, 3.05) is 6.79 Å². The van der Waals surface area contributed by atoms with E-state index in [1.54, 1.807) is 0 Å². The van der Waals surface area contributed by atoms with E-state index < -0.39 is 5.82 Å². The molecule has 13 heavy (non-hydrogen) atoms. The van der Waals surface area contributed by atoms with Crippen LogP contribution in [0, 0.1) is 5.82 Å². The molecule has 0 amide bonds. The third kappa shape index (κ3) is 1.29. The molecule has 68 valence electrons. The van der Waals surface area contributed by atoms with E-state index in [1.165, 1.54) is 12.1 Å². The van der Waals surface area contributed by atoms with E-state index >= 15 is 0 Å². The van der Waals surface area contributed by atoms with Crippen molar-refractivity contribution < 1.29 is 18.7 Å². The highest BCUT2D eigenvalue weighted by Gasteiger charge is 2.17. The van der Waals surface area contributed by atoms with E-state index in [2.05, 4.69) is 0 Å². The molecular formula is C9H7FO3. The average molecular weight is 182 g/mol. The second kappa shape index (κ2) is 3.14. The highest BCUT2D eigenvalue weighted by atomic mass is 19.1. The fourth-order valence-electron chi connectivity index (χ4n) is 1.28. The topological polar surface area (TPSA) is 35.5 Å². The molecule has 0 saturated heterocycles. The molecule has 2 rings (SSSR count). The van der Waals surface area contributed by atoms with Gasteiger partial charge in [0.05, 0.1) is 12.2 Å². The molecule has 1 aromatic carbocycles. The SMILES string of the molecule is O=Cc1c(F)ccc2c1COCO2. The smallest absolute Gasteiger partial charge is 0.189 e. The molecule has 0 fully saturated rings. The van der Waals surface area contributed by atoms with E-state index in [0.29, 0.717) is 17.6 Å². The summed E-state index contributed by atoms with van der Waals surface area (Å²) in [6.45, 7) is 0.373. The van der Waals surface area contributed by atoms with Gasteiger partial charge in [-0.15, -0.1) is 0 Å². The van der Waals surface area contributed by atoms with Gasteiger partial charge in [0.1, 0.15) is 11.6 Å². The fraction of sp³-hybridized carbons (Fsp3) is 0.222. The van der Waals surface area contributed by atoms with Gasteiger partial charge < -0.3 is 9.47 Å². The summed E-state index contributed by atoms with van der Waals surface area (Å²) in [5.41, 5.74) is 0.512. The van der Waals surface area contributed by atoms with Crippen molar-refractivity contribution in [1.82, 2.24) is 0 Å². The Kier molecular flexibility index (Phi) is 1.98. The lowest BCUT2D eigenvalue weighted by Gasteiger charge is -2.18. The molecule has 1 heterocycles. The van der Waals surface area contributed by atoms with E-state index in [0.717, 1.165) is 0 Å². The second-order valence-corrected chi connectivity index (χ2v) is 2.67. The first-order chi connectivity index (χ1) is 6.33. The molecule has 0 aliphatic carbocycles. The number of aldehydes is 1. The molecule has 4 heteroatoms. The van der Waals surface area contributed by atoms with Crippen molar-refractivity contribution in [2.45, 2.75) is 6.61 Å². The summed E-state index contributed by atoms with van der Waals surface area (Å²) in [7, 11) is 0. The van der Waals surface area contributed by atoms with Crippen molar-refractivity contribution in [1.29, 1.82) is 0 Å². The summed E-state index contributed by atoms with van der Waals surface area (Å²) in [6.07, 6.45) is 0.478. The van der Waals surface area contributed by atoms with Crippen LogP contribution in [0.15, 0.2) is 12.1 Å². The third-order valence-corrected chi connectivity index (χ3v) is 1.92. The highest BCUT2D eigenvalue weighted by molar-refractivity contribution is 5.79. The minimum atomic E-state index is -0.539. The highest BCUT2D eigenvalue weighted by Crippen LogP contribution is 2.27. The van der Waals surface area contributed by atoms with Crippen molar-refractivity contribution >= 4 is 6.29 Å². The molecule has 1 aliphatic heterocycles. The number of hydrogen-bond donors (Lipinski definition) is 0. The molecule has 0 radical (unpaired) electrons. The maximum absolute atomic E-state index is 13.0. The minimum Gasteiger partial charge on any atom is -0.467 e. The molecule has 0 atom stereocenters. The molecule has 0 spiro atoms. The zero-order chi connectivity index (χ0) is 9.26. The molecule has 0 bridgehead atoms. The lowest BCUT2D eigenvalue weighted by molar-refractivity contribution is -0.0168. The van der Waals surface area contributed by atoms with Gasteiger partial charge in [-0.3, -0.25) is 4.79 Å². The van der Waals surface area contributed by atoms with Gasteiger partial charge in [-0.25, -0.2) is 4.39 Å². The summed E-state index contributed by atoms with van der Waals surface area (Å²) < 4.78 is 23.1.